The summed E-state index contributed by atoms with van der Waals surface area (Å²) in [5, 5.41) is 8.60. The highest BCUT2D eigenvalue weighted by molar-refractivity contribution is 5.99. The van der Waals surface area contributed by atoms with Crippen molar-refractivity contribution >= 4 is 34.4 Å². The number of nitrogens with one attached hydrogen (secondary N) is 3. The fraction of sp³-hybridized carbons (Fsp3) is 0.367. The van der Waals surface area contributed by atoms with Crippen LogP contribution in [0.5, 0.6) is 5.75 Å². The van der Waals surface area contributed by atoms with Crippen LogP contribution in [0.25, 0.3) is 10.9 Å². The van der Waals surface area contributed by atoms with Gasteiger partial charge >= 0.3 is 0 Å². The Kier molecular flexibility index (Phi) is 9.94. The molecule has 1 saturated heterocycles. The highest BCUT2D eigenvalue weighted by atomic mass is 19.2. The number of para-hydroxylation sites is 1. The van der Waals surface area contributed by atoms with Gasteiger partial charge in [0.2, 0.25) is 23.4 Å². The van der Waals surface area contributed by atoms with E-state index in [1.165, 1.54) is 6.07 Å². The summed E-state index contributed by atoms with van der Waals surface area (Å²) in [5.74, 6) is -11.9. The van der Waals surface area contributed by atoms with E-state index in [4.69, 9.17) is 4.74 Å². The Morgan fingerprint density at radius 3 is 2.35 bits per heavy atom. The largest absolute Gasteiger partial charge is 0.479 e. The fourth-order valence-corrected chi connectivity index (χ4v) is 4.75. The second kappa shape index (κ2) is 13.6. The van der Waals surface area contributed by atoms with E-state index in [0.717, 1.165) is 5.39 Å². The SMILES string of the molecule is CC(C)C[C@H](NC(=O)c1ccc2ccccc2n1)C(=O)N[C@@H](C[C@@H]1CCNC1=O)C(=O)COc1c(F)c(F)cc(F)c1F. The topological polar surface area (TPSA) is 126 Å². The molecule has 3 amide bonds. The Labute approximate surface area is 244 Å². The first-order valence-corrected chi connectivity index (χ1v) is 13.7. The zero-order valence-electron chi connectivity index (χ0n) is 23.4. The first-order valence-electron chi connectivity index (χ1n) is 13.7. The summed E-state index contributed by atoms with van der Waals surface area (Å²) in [4.78, 5) is 56.2. The summed E-state index contributed by atoms with van der Waals surface area (Å²) in [6, 6.07) is 7.87. The summed E-state index contributed by atoms with van der Waals surface area (Å²) < 4.78 is 60.2. The lowest BCUT2D eigenvalue weighted by molar-refractivity contribution is -0.131. The van der Waals surface area contributed by atoms with Crippen molar-refractivity contribution in [3.8, 4) is 5.75 Å². The second-order valence-corrected chi connectivity index (χ2v) is 10.7. The normalized spacial score (nSPS) is 16.1. The molecule has 0 aliphatic carbocycles. The minimum absolute atomic E-state index is 0.00231. The smallest absolute Gasteiger partial charge is 0.270 e. The number of benzene rings is 2. The lowest BCUT2D eigenvalue weighted by Crippen LogP contribution is -2.53. The zero-order chi connectivity index (χ0) is 31.3. The Morgan fingerprint density at radius 2 is 1.70 bits per heavy atom. The third kappa shape index (κ3) is 7.65. The van der Waals surface area contributed by atoms with Gasteiger partial charge in [-0.15, -0.1) is 0 Å². The van der Waals surface area contributed by atoms with E-state index < -0.39 is 71.2 Å². The van der Waals surface area contributed by atoms with Crippen molar-refractivity contribution in [1.82, 2.24) is 20.9 Å². The lowest BCUT2D eigenvalue weighted by Gasteiger charge is -2.25. The molecule has 1 aromatic heterocycles. The number of ether oxygens (including phenoxy) is 1. The van der Waals surface area contributed by atoms with Crippen LogP contribution in [0.1, 0.15) is 43.6 Å². The first kappa shape index (κ1) is 31.4. The van der Waals surface area contributed by atoms with E-state index in [0.29, 0.717) is 18.5 Å². The molecule has 13 heteroatoms. The first-order chi connectivity index (χ1) is 20.4. The maximum absolute atomic E-state index is 14.1. The van der Waals surface area contributed by atoms with Crippen LogP contribution in [0.4, 0.5) is 17.6 Å². The van der Waals surface area contributed by atoms with E-state index in [1.807, 2.05) is 26.0 Å². The molecule has 0 bridgehead atoms. The number of hydrogen-bond donors (Lipinski definition) is 3. The van der Waals surface area contributed by atoms with E-state index in [-0.39, 0.29) is 36.4 Å². The van der Waals surface area contributed by atoms with Gasteiger partial charge in [0, 0.05) is 23.9 Å². The summed E-state index contributed by atoms with van der Waals surface area (Å²) >= 11 is 0. The number of nitrogens with zero attached hydrogens (tertiary/aromatic N) is 1. The predicted molar refractivity (Wildman–Crippen MR) is 147 cm³/mol. The number of pyridine rings is 1. The van der Waals surface area contributed by atoms with Gasteiger partial charge in [-0.2, -0.15) is 8.78 Å². The van der Waals surface area contributed by atoms with Crippen LogP contribution >= 0.6 is 0 Å². The highest BCUT2D eigenvalue weighted by Crippen LogP contribution is 2.27. The van der Waals surface area contributed by atoms with E-state index >= 15 is 0 Å². The highest BCUT2D eigenvalue weighted by Gasteiger charge is 2.34. The molecule has 1 aliphatic heterocycles. The van der Waals surface area contributed by atoms with Crippen molar-refractivity contribution in [2.24, 2.45) is 11.8 Å². The van der Waals surface area contributed by atoms with Gasteiger partial charge in [-0.3, -0.25) is 19.2 Å². The van der Waals surface area contributed by atoms with Gasteiger partial charge in [-0.05, 0) is 37.3 Å². The van der Waals surface area contributed by atoms with Gasteiger partial charge in [0.05, 0.1) is 11.6 Å². The number of carbonyl (C=O) groups is 4. The van der Waals surface area contributed by atoms with Gasteiger partial charge in [0.1, 0.15) is 18.3 Å². The Morgan fingerprint density at radius 1 is 1.00 bits per heavy atom. The van der Waals surface area contributed by atoms with Crippen LogP contribution in [0, 0.1) is 35.1 Å². The van der Waals surface area contributed by atoms with Crippen LogP contribution in [0.3, 0.4) is 0 Å². The molecule has 0 spiro atoms. The zero-order valence-corrected chi connectivity index (χ0v) is 23.4. The maximum atomic E-state index is 14.1. The Bertz CT molecular complexity index is 1520. The fourth-order valence-electron chi connectivity index (χ4n) is 4.75. The molecule has 0 saturated carbocycles. The molecule has 0 unspecified atom stereocenters. The van der Waals surface area contributed by atoms with Gasteiger partial charge < -0.3 is 20.7 Å². The van der Waals surface area contributed by atoms with Crippen LogP contribution in [0.15, 0.2) is 42.5 Å². The molecule has 9 nitrogen and oxygen atoms in total. The quantitative estimate of drug-likeness (QED) is 0.215. The van der Waals surface area contributed by atoms with E-state index in [1.54, 1.807) is 18.2 Å². The summed E-state index contributed by atoms with van der Waals surface area (Å²) in [6.45, 7) is 2.92. The van der Waals surface area contributed by atoms with Crippen LogP contribution in [0.2, 0.25) is 0 Å². The van der Waals surface area contributed by atoms with Gasteiger partial charge in [-0.1, -0.05) is 38.1 Å². The molecule has 0 radical (unpaired) electrons. The number of Topliss-reactive ketones (excluding diaryl/α,β-unsaturated/α-hetero) is 1. The molecule has 228 valence electrons. The van der Waals surface area contributed by atoms with Gasteiger partial charge in [-0.25, -0.2) is 13.8 Å². The summed E-state index contributed by atoms with van der Waals surface area (Å²) in [7, 11) is 0. The number of aromatic nitrogens is 1. The van der Waals surface area contributed by atoms with Crippen molar-refractivity contribution in [1.29, 1.82) is 0 Å². The monoisotopic (exact) mass is 602 g/mol. The molecular formula is C30H30F4N4O5. The van der Waals surface area contributed by atoms with Crippen molar-refractivity contribution in [2.45, 2.75) is 45.2 Å². The molecule has 4 rings (SSSR count). The average molecular weight is 603 g/mol. The molecule has 3 N–H and O–H groups in total. The number of amides is 3. The Hall–Kier alpha value is -4.55. The van der Waals surface area contributed by atoms with Crippen molar-refractivity contribution in [2.75, 3.05) is 13.2 Å². The third-order valence-electron chi connectivity index (χ3n) is 6.98. The average Bonchev–Trinajstić information content (AvgIpc) is 3.38. The van der Waals surface area contributed by atoms with Crippen LogP contribution < -0.4 is 20.7 Å². The van der Waals surface area contributed by atoms with E-state index in [9.17, 15) is 36.7 Å². The van der Waals surface area contributed by atoms with Crippen molar-refractivity contribution in [3.63, 3.8) is 0 Å². The Balaban J connectivity index is 1.52. The number of carbonyl (C=O) groups excluding carboxylic acids is 4. The standard InChI is InChI=1S/C30H30F4N4O5/c1-15(2)11-23(38-29(41)21-8-7-16-5-3-4-6-20(16)36-21)30(42)37-22(12-17-9-10-35-28(17)40)24(39)14-43-27-25(33)18(31)13-19(32)26(27)34/h3-8,13,15,17,22-23H,9-12,14H2,1-2H3,(H,35,40)(H,37,42)(H,38,41)/t17-,22-,23-/m0/s1. The van der Waals surface area contributed by atoms with E-state index in [2.05, 4.69) is 20.9 Å². The minimum atomic E-state index is -1.83. The third-order valence-corrected chi connectivity index (χ3v) is 6.98. The van der Waals surface area contributed by atoms with Gasteiger partial charge in [0.25, 0.3) is 5.91 Å². The maximum Gasteiger partial charge on any atom is 0.270 e. The van der Waals surface area contributed by atoms with Crippen LogP contribution in [-0.4, -0.2) is 53.7 Å². The van der Waals surface area contributed by atoms with Crippen molar-refractivity contribution in [3.05, 3.63) is 71.4 Å². The van der Waals surface area contributed by atoms with Crippen LogP contribution in [-0.2, 0) is 14.4 Å². The predicted octanol–water partition coefficient (Wildman–Crippen LogP) is 3.59. The lowest BCUT2D eigenvalue weighted by atomic mass is 9.95. The number of fused-ring (bicyclic) bond motifs is 1. The number of ketones is 1. The molecule has 43 heavy (non-hydrogen) atoms. The van der Waals surface area contributed by atoms with Crippen molar-refractivity contribution < 1.29 is 41.5 Å². The number of hydrogen-bond acceptors (Lipinski definition) is 6. The second-order valence-electron chi connectivity index (χ2n) is 10.7. The molecular weight excluding hydrogens is 572 g/mol. The molecule has 3 aromatic rings. The summed E-state index contributed by atoms with van der Waals surface area (Å²) in [6.07, 6.45) is 0.347. The van der Waals surface area contributed by atoms with Gasteiger partial charge in [0.15, 0.2) is 23.2 Å². The molecule has 1 fully saturated rings. The molecule has 3 atom stereocenters. The number of rotatable bonds is 12. The number of halogens is 4. The molecule has 2 aromatic carbocycles. The molecule has 1 aliphatic rings. The minimum Gasteiger partial charge on any atom is -0.479 e. The summed E-state index contributed by atoms with van der Waals surface area (Å²) in [5.41, 5.74) is 0.641. The molecule has 2 heterocycles.